The number of carbonyl (C=O) groups excluding carboxylic acids is 1. The molecule has 0 aromatic heterocycles. The second kappa shape index (κ2) is 7.47. The molecular weight excluding hydrogens is 260 g/mol. The van der Waals surface area contributed by atoms with Gasteiger partial charge in [0.05, 0.1) is 19.3 Å². The maximum absolute atomic E-state index is 12.5. The van der Waals surface area contributed by atoms with Crippen molar-refractivity contribution in [3.63, 3.8) is 0 Å². The van der Waals surface area contributed by atoms with E-state index in [-0.39, 0.29) is 18.7 Å². The second-order valence-electron chi connectivity index (χ2n) is 5.51. The highest BCUT2D eigenvalue weighted by Crippen LogP contribution is 2.21. The topological polar surface area (TPSA) is 70.1 Å². The van der Waals surface area contributed by atoms with Crippen molar-refractivity contribution < 1.29 is 19.4 Å². The molecule has 116 valence electrons. The van der Waals surface area contributed by atoms with Gasteiger partial charge in [-0.15, -0.1) is 0 Å². The van der Waals surface area contributed by atoms with Gasteiger partial charge in [-0.25, -0.2) is 4.79 Å². The number of rotatable bonds is 6. The molecular formula is C14H26N2O4. The largest absolute Gasteiger partial charge is 0.481 e. The molecule has 3 unspecified atom stereocenters. The molecule has 6 nitrogen and oxygen atoms in total. The molecule has 1 heterocycles. The summed E-state index contributed by atoms with van der Waals surface area (Å²) in [5.74, 6) is -1.10. The van der Waals surface area contributed by atoms with Gasteiger partial charge in [-0.05, 0) is 12.8 Å². The highest BCUT2D eigenvalue weighted by Gasteiger charge is 2.40. The van der Waals surface area contributed by atoms with Crippen LogP contribution in [0.15, 0.2) is 0 Å². The molecule has 1 aliphatic rings. The van der Waals surface area contributed by atoms with E-state index in [0.717, 1.165) is 6.42 Å². The summed E-state index contributed by atoms with van der Waals surface area (Å²) in [5, 5.41) is 9.20. The van der Waals surface area contributed by atoms with Crippen molar-refractivity contribution in [1.29, 1.82) is 0 Å². The molecule has 3 atom stereocenters. The minimum Gasteiger partial charge on any atom is -0.481 e. The van der Waals surface area contributed by atoms with Gasteiger partial charge in [-0.1, -0.05) is 20.3 Å². The Labute approximate surface area is 120 Å². The van der Waals surface area contributed by atoms with Crippen LogP contribution in [0.5, 0.6) is 0 Å². The highest BCUT2D eigenvalue weighted by atomic mass is 16.5. The fraction of sp³-hybridized carbons (Fsp3) is 0.857. The summed E-state index contributed by atoms with van der Waals surface area (Å²) in [6.07, 6.45) is 1.01. The molecule has 0 aromatic rings. The SMILES string of the molecule is CCC(C)CN(C)C(=O)N(CC)C1COCC1C(=O)O. The van der Waals surface area contributed by atoms with Crippen molar-refractivity contribution in [1.82, 2.24) is 9.80 Å². The predicted octanol–water partition coefficient (Wildman–Crippen LogP) is 1.51. The third-order valence-electron chi connectivity index (χ3n) is 3.96. The van der Waals surface area contributed by atoms with Gasteiger partial charge in [0.25, 0.3) is 0 Å². The maximum atomic E-state index is 12.5. The summed E-state index contributed by atoms with van der Waals surface area (Å²) in [7, 11) is 1.77. The second-order valence-corrected chi connectivity index (χ2v) is 5.51. The number of hydrogen-bond acceptors (Lipinski definition) is 3. The lowest BCUT2D eigenvalue weighted by atomic mass is 10.0. The normalized spacial score (nSPS) is 23.4. The first-order chi connectivity index (χ1) is 9.42. The van der Waals surface area contributed by atoms with Gasteiger partial charge in [0.1, 0.15) is 5.92 Å². The highest BCUT2D eigenvalue weighted by molar-refractivity contribution is 5.77. The number of likely N-dealkylation sites (N-methyl/N-ethyl adjacent to an activating group) is 1. The van der Waals surface area contributed by atoms with Crippen LogP contribution in [-0.2, 0) is 9.53 Å². The fourth-order valence-corrected chi connectivity index (χ4v) is 2.49. The van der Waals surface area contributed by atoms with Crippen LogP contribution in [0, 0.1) is 11.8 Å². The lowest BCUT2D eigenvalue weighted by Gasteiger charge is -2.33. The van der Waals surface area contributed by atoms with E-state index in [9.17, 15) is 14.7 Å². The fourth-order valence-electron chi connectivity index (χ4n) is 2.49. The minimum absolute atomic E-state index is 0.116. The summed E-state index contributed by atoms with van der Waals surface area (Å²) < 4.78 is 5.25. The number of hydrogen-bond donors (Lipinski definition) is 1. The standard InChI is InChI=1S/C14H26N2O4/c1-5-10(3)7-15(4)14(19)16(6-2)12-9-20-8-11(12)13(17)18/h10-12H,5-9H2,1-4H3,(H,17,18). The van der Waals surface area contributed by atoms with Crippen LogP contribution in [-0.4, -0.2) is 66.3 Å². The van der Waals surface area contributed by atoms with Crippen molar-refractivity contribution >= 4 is 12.0 Å². The van der Waals surface area contributed by atoms with Gasteiger partial charge < -0.3 is 19.6 Å². The zero-order valence-corrected chi connectivity index (χ0v) is 12.8. The van der Waals surface area contributed by atoms with Gasteiger partial charge in [0, 0.05) is 20.1 Å². The Hall–Kier alpha value is -1.30. The van der Waals surface area contributed by atoms with E-state index in [4.69, 9.17) is 4.74 Å². The zero-order chi connectivity index (χ0) is 15.3. The molecule has 1 fully saturated rings. The molecule has 0 aliphatic carbocycles. The molecule has 0 bridgehead atoms. The predicted molar refractivity (Wildman–Crippen MR) is 75.6 cm³/mol. The molecule has 0 radical (unpaired) electrons. The van der Waals surface area contributed by atoms with Crippen molar-refractivity contribution in [3.8, 4) is 0 Å². The molecule has 1 aliphatic heterocycles. The Morgan fingerprint density at radius 2 is 2.00 bits per heavy atom. The van der Waals surface area contributed by atoms with Gasteiger partial charge in [-0.2, -0.15) is 0 Å². The smallest absolute Gasteiger partial charge is 0.320 e. The van der Waals surface area contributed by atoms with E-state index in [1.54, 1.807) is 16.8 Å². The zero-order valence-electron chi connectivity index (χ0n) is 12.8. The first kappa shape index (κ1) is 16.8. The van der Waals surface area contributed by atoms with E-state index in [2.05, 4.69) is 13.8 Å². The first-order valence-corrected chi connectivity index (χ1v) is 7.24. The van der Waals surface area contributed by atoms with Crippen LogP contribution in [0.1, 0.15) is 27.2 Å². The Balaban J connectivity index is 2.74. The number of nitrogens with zero attached hydrogens (tertiary/aromatic N) is 2. The van der Waals surface area contributed by atoms with E-state index >= 15 is 0 Å². The summed E-state index contributed by atoms with van der Waals surface area (Å²) in [6, 6.07) is -0.487. The van der Waals surface area contributed by atoms with E-state index < -0.39 is 11.9 Å². The number of carboxylic acids is 1. The number of aliphatic carboxylic acids is 1. The quantitative estimate of drug-likeness (QED) is 0.803. The van der Waals surface area contributed by atoms with Crippen LogP contribution in [0.2, 0.25) is 0 Å². The minimum atomic E-state index is -0.900. The van der Waals surface area contributed by atoms with Crippen molar-refractivity contribution in [2.24, 2.45) is 11.8 Å². The molecule has 0 aromatic carbocycles. The van der Waals surface area contributed by atoms with Crippen LogP contribution < -0.4 is 0 Å². The van der Waals surface area contributed by atoms with Crippen LogP contribution in [0.3, 0.4) is 0 Å². The number of ether oxygens (including phenoxy) is 1. The summed E-state index contributed by atoms with van der Waals surface area (Å²) in [4.78, 5) is 27.0. The molecule has 20 heavy (non-hydrogen) atoms. The summed E-state index contributed by atoms with van der Waals surface area (Å²) >= 11 is 0. The van der Waals surface area contributed by atoms with E-state index in [1.165, 1.54) is 0 Å². The average molecular weight is 286 g/mol. The average Bonchev–Trinajstić information content (AvgIpc) is 2.88. The molecule has 0 saturated carbocycles. The molecule has 6 heteroatoms. The van der Waals surface area contributed by atoms with Crippen molar-refractivity contribution in [2.45, 2.75) is 33.2 Å². The van der Waals surface area contributed by atoms with Crippen LogP contribution in [0.25, 0.3) is 0 Å². The summed E-state index contributed by atoms with van der Waals surface area (Å²) in [5.41, 5.74) is 0. The van der Waals surface area contributed by atoms with Crippen LogP contribution in [0.4, 0.5) is 4.79 Å². The van der Waals surface area contributed by atoms with Gasteiger partial charge in [0.2, 0.25) is 0 Å². The lowest BCUT2D eigenvalue weighted by Crippen LogP contribution is -2.51. The number of carboxylic acid groups (broad SMARTS) is 1. The first-order valence-electron chi connectivity index (χ1n) is 7.24. The van der Waals surface area contributed by atoms with Crippen LogP contribution >= 0.6 is 0 Å². The monoisotopic (exact) mass is 286 g/mol. The van der Waals surface area contributed by atoms with Gasteiger partial charge in [-0.3, -0.25) is 4.79 Å². The molecule has 0 spiro atoms. The molecule has 1 rings (SSSR count). The molecule has 1 saturated heterocycles. The maximum Gasteiger partial charge on any atom is 0.320 e. The van der Waals surface area contributed by atoms with E-state index in [1.807, 2.05) is 6.92 Å². The van der Waals surface area contributed by atoms with Crippen molar-refractivity contribution in [2.75, 3.05) is 33.4 Å². The number of urea groups is 1. The third-order valence-corrected chi connectivity index (χ3v) is 3.96. The van der Waals surface area contributed by atoms with E-state index in [0.29, 0.717) is 25.6 Å². The van der Waals surface area contributed by atoms with Crippen molar-refractivity contribution in [3.05, 3.63) is 0 Å². The Morgan fingerprint density at radius 1 is 1.35 bits per heavy atom. The number of amides is 2. The number of carbonyl (C=O) groups is 2. The molecule has 2 amide bonds. The third kappa shape index (κ3) is 3.85. The van der Waals surface area contributed by atoms with Gasteiger partial charge >= 0.3 is 12.0 Å². The molecule has 1 N–H and O–H groups in total. The van der Waals surface area contributed by atoms with Gasteiger partial charge in [0.15, 0.2) is 0 Å². The Morgan fingerprint density at radius 3 is 2.50 bits per heavy atom. The Kier molecular flexibility index (Phi) is 6.26. The lowest BCUT2D eigenvalue weighted by molar-refractivity contribution is -0.142. The Bertz CT molecular complexity index is 348. The summed E-state index contributed by atoms with van der Waals surface area (Å²) in [6.45, 7) is 7.70.